The average molecular weight is 1930 g/mol. The van der Waals surface area contributed by atoms with Gasteiger partial charge in [-0.05, 0) is 146 Å². The lowest BCUT2D eigenvalue weighted by atomic mass is 10.1. The normalized spacial score (nSPS) is 12.8. The van der Waals surface area contributed by atoms with E-state index < -0.39 is 10.0 Å². The zero-order chi connectivity index (χ0) is 97.2. The number of rotatable bonds is 22. The van der Waals surface area contributed by atoms with Gasteiger partial charge in [0.1, 0.15) is 17.1 Å². The lowest BCUT2D eigenvalue weighted by Crippen LogP contribution is -2.19. The van der Waals surface area contributed by atoms with E-state index >= 15 is 0 Å². The number of imidazole rings is 1. The smallest absolute Gasteiger partial charge is 0.238 e. The quantitative estimate of drug-likeness (QED) is 0.0637. The summed E-state index contributed by atoms with van der Waals surface area (Å²) in [6.45, 7) is 7.67. The molecule has 0 amide bonds. The van der Waals surface area contributed by atoms with Crippen molar-refractivity contribution in [1.29, 1.82) is 0 Å². The fraction of sp³-hybridized carbons (Fsp3) is 0.191. The second-order valence-corrected chi connectivity index (χ2v) is 35.1. The van der Waals surface area contributed by atoms with Gasteiger partial charge in [-0.1, -0.05) is 56.4 Å². The third-order valence-corrected chi connectivity index (χ3v) is 24.4. The SMILES string of the molecule is CC(c1ccc2nccn2c1)n1nnc2ncc(-c3cnn(C)c3)nc21.COc1ccc(-c2cnc3nnn(Cc4ccc5ccnn5c4)c3n2)cc1.COc1ncc(-c2cnc3nnn(C(C)c4ccc5cccn5c4)c3n2)cc1NS(C)(=O)=O.OCCn1cc(-c2cnc3nnn(Cc4ccc5ccnn5c4)c3n2)cn1.c1cc2ccc(Cn3nnc4ncc(-c5cnn(C6CCOCC6)c5)nc43)cn2n1. The second kappa shape index (κ2) is 38.6. The van der Waals surface area contributed by atoms with Crippen molar-refractivity contribution < 1.29 is 27.7 Å². The molecule has 2 N–H and O–H groups in total. The van der Waals surface area contributed by atoms with Crippen LogP contribution in [-0.4, -0.2) is 256 Å². The zero-order valence-electron chi connectivity index (χ0n) is 77.2. The van der Waals surface area contributed by atoms with Crippen molar-refractivity contribution in [2.75, 3.05) is 45.0 Å². The number of hydrogen-bond acceptors (Lipinski definition) is 34. The van der Waals surface area contributed by atoms with Crippen molar-refractivity contribution in [3.63, 3.8) is 0 Å². The van der Waals surface area contributed by atoms with Gasteiger partial charge in [0, 0.05) is 147 Å². The van der Waals surface area contributed by atoms with E-state index in [1.807, 2.05) is 218 Å². The van der Waals surface area contributed by atoms with Crippen molar-refractivity contribution >= 4 is 99.9 Å². The molecule has 1 saturated heterocycles. The molecule has 24 aromatic heterocycles. The molecule has 0 bridgehead atoms. The van der Waals surface area contributed by atoms with Crippen LogP contribution in [0.3, 0.4) is 0 Å². The van der Waals surface area contributed by atoms with E-state index in [-0.39, 0.29) is 30.3 Å². The third kappa shape index (κ3) is 19.0. The Balaban J connectivity index is 0.000000102. The number of pyridine rings is 6. The molecule has 1 aliphatic rings. The highest BCUT2D eigenvalue weighted by atomic mass is 32.2. The molecule has 25 aromatic rings. The average Bonchev–Trinajstić information content (AvgIpc) is 1.63. The Kier molecular flexibility index (Phi) is 24.2. The highest BCUT2D eigenvalue weighted by Gasteiger charge is 2.25. The first kappa shape index (κ1) is 89.4. The van der Waals surface area contributed by atoms with E-state index in [2.05, 4.69) is 140 Å². The van der Waals surface area contributed by atoms with Gasteiger partial charge in [0.15, 0.2) is 28.2 Å². The summed E-state index contributed by atoms with van der Waals surface area (Å²) in [4.78, 5) is 54.1. The van der Waals surface area contributed by atoms with Crippen LogP contribution in [0.1, 0.15) is 72.6 Å². The van der Waals surface area contributed by atoms with Gasteiger partial charge >= 0.3 is 0 Å². The molecule has 143 heavy (non-hydrogen) atoms. The summed E-state index contributed by atoms with van der Waals surface area (Å²) in [6.07, 6.45) is 44.9. The molecule has 1 aromatic carbocycles. The van der Waals surface area contributed by atoms with Crippen molar-refractivity contribution in [2.24, 2.45) is 7.05 Å². The van der Waals surface area contributed by atoms with Gasteiger partial charge in [-0.15, -0.1) is 25.5 Å². The lowest BCUT2D eigenvalue weighted by molar-refractivity contribution is 0.0662. The lowest BCUT2D eigenvalue weighted by Gasteiger charge is -2.22. The number of nitrogens with one attached hydrogen (secondary N) is 1. The van der Waals surface area contributed by atoms with E-state index in [1.54, 1.807) is 120 Å². The van der Waals surface area contributed by atoms with Crippen molar-refractivity contribution in [3.05, 3.63) is 292 Å². The van der Waals surface area contributed by atoms with Gasteiger partial charge in [-0.25, -0.2) is 105 Å². The molecular formula is C94H84N42O6S. The number of hydrogen-bond donors (Lipinski definition) is 2. The number of aliphatic hydroxyl groups excluding tert-OH is 1. The van der Waals surface area contributed by atoms with Gasteiger partial charge in [0.2, 0.25) is 44.1 Å². The molecule has 26 rings (SSSR count). The summed E-state index contributed by atoms with van der Waals surface area (Å²) in [5, 5.41) is 76.7. The molecule has 48 nitrogen and oxygen atoms in total. The van der Waals surface area contributed by atoms with Crippen LogP contribution in [0.4, 0.5) is 5.69 Å². The monoisotopic (exact) mass is 1930 g/mol. The first-order valence-corrected chi connectivity index (χ1v) is 46.9. The maximum absolute atomic E-state index is 11.7. The number of aryl methyl sites for hydroxylation is 1. The second-order valence-electron chi connectivity index (χ2n) is 33.4. The summed E-state index contributed by atoms with van der Waals surface area (Å²) >= 11 is 0. The zero-order valence-corrected chi connectivity index (χ0v) is 78.0. The van der Waals surface area contributed by atoms with Crippen LogP contribution in [0.25, 0.3) is 140 Å². The van der Waals surface area contributed by atoms with E-state index in [1.165, 1.54) is 7.11 Å². The molecule has 2 unspecified atom stereocenters. The topological polar surface area (TPSA) is 516 Å². The standard InChI is InChI=1S/C21H20N8O3S.C20H19N9O.C19H15N7O.C17H15N9O.C17H15N9/c1-13(14-6-7-16-5-4-8-28(16)12-14)29-20-19(25-27-29)22-11-18(24-20)15-9-17(26-33(3,30)31)21(32-2)23-10-15;1-2-16-3-6-22-27(16)11-14(1)12-29-20-19(25-26-29)21-10-18(24-20)15-9-23-28(13-15)17-4-7-30-8-5-17;1-27-16-6-3-14(4-7-16)17-10-20-18-19(22-17)26(24-23-18)12-13-2-5-15-8-9-21-25(15)11-13;27-6-5-24-11-13(7-20-24)15-8-18-16-17(21-15)26(23-22-16)10-12-1-2-14-3-4-19-25(14)9-12;1-11(12-3-4-15-18-5-6-25(15)10-12)26-17-16(22-23-26)19-8-14(21-17)13-7-20-24(2)9-13/h4-13,26H,1-3H3;1-3,6,9-11,13,17H,4-5,7-8,12H2;2-11H,12H2,1H3;1-4,7-9,11,27H,5-6,10H2;3-11H,1-2H3. The summed E-state index contributed by atoms with van der Waals surface area (Å²) in [7, 11) is 1.40. The van der Waals surface area contributed by atoms with E-state index in [0.717, 1.165) is 133 Å². The molecular weight excluding hydrogens is 1850 g/mol. The van der Waals surface area contributed by atoms with E-state index in [0.29, 0.717) is 106 Å². The van der Waals surface area contributed by atoms with Crippen molar-refractivity contribution in [2.45, 2.75) is 71.0 Å². The summed E-state index contributed by atoms with van der Waals surface area (Å²) < 4.78 is 65.4. The van der Waals surface area contributed by atoms with Crippen LogP contribution >= 0.6 is 0 Å². The molecule has 0 spiro atoms. The number of nitrogens with zero attached hydrogens (tertiary/aromatic N) is 41. The molecule has 49 heteroatoms. The van der Waals surface area contributed by atoms with Crippen LogP contribution in [0.2, 0.25) is 0 Å². The van der Waals surface area contributed by atoms with Gasteiger partial charge in [0.25, 0.3) is 0 Å². The molecule has 1 aliphatic heterocycles. The van der Waals surface area contributed by atoms with Crippen LogP contribution in [0.15, 0.2) is 264 Å². The Labute approximate surface area is 807 Å². The number of benzene rings is 1. The number of sulfonamides is 1. The Bertz CT molecular complexity index is 9020. The number of anilines is 1. The van der Waals surface area contributed by atoms with Crippen LogP contribution in [0.5, 0.6) is 11.6 Å². The Hall–Kier alpha value is -18.8. The van der Waals surface area contributed by atoms with Gasteiger partial charge < -0.3 is 28.1 Å². The predicted molar refractivity (Wildman–Crippen MR) is 520 cm³/mol. The number of ether oxygens (including phenoxy) is 3. The van der Waals surface area contributed by atoms with E-state index in [4.69, 9.17) is 39.3 Å². The number of fused-ring (bicyclic) bond motifs is 10. The first-order chi connectivity index (χ1) is 69.9. The van der Waals surface area contributed by atoms with E-state index in [9.17, 15) is 8.42 Å². The van der Waals surface area contributed by atoms with Crippen LogP contribution in [-0.2, 0) is 48.0 Å². The molecule has 0 saturated carbocycles. The number of aromatic nitrogens is 41. The van der Waals surface area contributed by atoms with Crippen LogP contribution < -0.4 is 14.2 Å². The fourth-order valence-electron chi connectivity index (χ4n) is 16.4. The van der Waals surface area contributed by atoms with Crippen molar-refractivity contribution in [3.8, 4) is 67.9 Å². The maximum Gasteiger partial charge on any atom is 0.238 e. The largest absolute Gasteiger partial charge is 0.497 e. The molecule has 25 heterocycles. The number of methoxy groups -OCH3 is 2. The molecule has 0 aliphatic carbocycles. The minimum atomic E-state index is -3.53. The molecule has 0 radical (unpaired) electrons. The molecule has 712 valence electrons. The van der Waals surface area contributed by atoms with Gasteiger partial charge in [0.05, 0.1) is 166 Å². The Morgan fingerprint density at radius 1 is 0.434 bits per heavy atom. The van der Waals surface area contributed by atoms with Crippen LogP contribution in [0, 0.1) is 0 Å². The maximum atomic E-state index is 11.7. The summed E-state index contributed by atoms with van der Waals surface area (Å²) in [6, 6.07) is 39.7. The molecule has 1 fully saturated rings. The Morgan fingerprint density at radius 2 is 0.909 bits per heavy atom. The highest BCUT2D eigenvalue weighted by Crippen LogP contribution is 2.33. The van der Waals surface area contributed by atoms with Gasteiger partial charge in [-0.2, -0.15) is 30.6 Å². The summed E-state index contributed by atoms with van der Waals surface area (Å²) in [5.74, 6) is 0.951. The third-order valence-electron chi connectivity index (χ3n) is 23.8. The number of aliphatic hydroxyl groups is 1. The molecule has 2 atom stereocenters. The Morgan fingerprint density at radius 3 is 1.43 bits per heavy atom. The van der Waals surface area contributed by atoms with Gasteiger partial charge in [-0.3, -0.25) is 18.8 Å². The summed E-state index contributed by atoms with van der Waals surface area (Å²) in [5.41, 5.74) is 23.7. The fourth-order valence-corrected chi connectivity index (χ4v) is 16.9. The minimum absolute atomic E-state index is 0.0309. The minimum Gasteiger partial charge on any atom is -0.497 e. The highest BCUT2D eigenvalue weighted by molar-refractivity contribution is 7.92. The predicted octanol–water partition coefficient (Wildman–Crippen LogP) is 9.90. The first-order valence-electron chi connectivity index (χ1n) is 45.0. The van der Waals surface area contributed by atoms with Crippen molar-refractivity contribution in [1.82, 2.24) is 202 Å².